The zero-order chi connectivity index (χ0) is 9.84. The number of aromatic nitrogens is 1. The van der Waals surface area contributed by atoms with Crippen molar-refractivity contribution in [2.75, 3.05) is 0 Å². The van der Waals surface area contributed by atoms with Gasteiger partial charge >= 0.3 is 0 Å². The standard InChI is InChI=1S/C11H16BrN/c1-8(2)11(9(3)12)10-6-4-5-7-13-10/h4-9,11H,1-3H3. The van der Waals surface area contributed by atoms with E-state index in [1.165, 1.54) is 5.69 Å². The smallest absolute Gasteiger partial charge is 0.0448 e. The summed E-state index contributed by atoms with van der Waals surface area (Å²) in [5, 5.41) is 0. The molecule has 2 atom stereocenters. The molecule has 0 fully saturated rings. The Morgan fingerprint density at radius 2 is 1.92 bits per heavy atom. The van der Waals surface area contributed by atoms with Crippen LogP contribution < -0.4 is 0 Å². The summed E-state index contributed by atoms with van der Waals surface area (Å²) in [5.74, 6) is 1.12. The summed E-state index contributed by atoms with van der Waals surface area (Å²) in [6.45, 7) is 6.65. The maximum absolute atomic E-state index is 4.39. The van der Waals surface area contributed by atoms with E-state index in [-0.39, 0.29) is 0 Å². The Bertz CT molecular complexity index is 236. The molecule has 0 aliphatic heterocycles. The molecule has 1 rings (SSSR count). The molecule has 0 N–H and O–H groups in total. The van der Waals surface area contributed by atoms with E-state index in [9.17, 15) is 0 Å². The maximum Gasteiger partial charge on any atom is 0.0448 e. The SMILES string of the molecule is CC(C)C(c1ccccn1)C(C)Br. The van der Waals surface area contributed by atoms with Crippen LogP contribution in [0.2, 0.25) is 0 Å². The molecule has 0 saturated carbocycles. The summed E-state index contributed by atoms with van der Waals surface area (Å²) >= 11 is 3.64. The highest BCUT2D eigenvalue weighted by Crippen LogP contribution is 2.30. The highest BCUT2D eigenvalue weighted by Gasteiger charge is 2.21. The largest absolute Gasteiger partial charge is 0.261 e. The minimum absolute atomic E-state index is 0.474. The van der Waals surface area contributed by atoms with Crippen LogP contribution in [0.15, 0.2) is 24.4 Å². The number of pyridine rings is 1. The highest BCUT2D eigenvalue weighted by atomic mass is 79.9. The van der Waals surface area contributed by atoms with E-state index in [1.54, 1.807) is 0 Å². The summed E-state index contributed by atoms with van der Waals surface area (Å²) < 4.78 is 0. The van der Waals surface area contributed by atoms with Crippen molar-refractivity contribution in [2.24, 2.45) is 5.92 Å². The number of hydrogen-bond donors (Lipinski definition) is 0. The van der Waals surface area contributed by atoms with Gasteiger partial charge in [-0.1, -0.05) is 42.8 Å². The zero-order valence-electron chi connectivity index (χ0n) is 8.37. The molecule has 0 aliphatic rings. The van der Waals surface area contributed by atoms with Crippen LogP contribution in [0.5, 0.6) is 0 Å². The van der Waals surface area contributed by atoms with Crippen LogP contribution in [-0.2, 0) is 0 Å². The van der Waals surface area contributed by atoms with Gasteiger partial charge in [0.1, 0.15) is 0 Å². The molecule has 0 bridgehead atoms. The Hall–Kier alpha value is -0.370. The van der Waals surface area contributed by atoms with E-state index in [4.69, 9.17) is 0 Å². The first kappa shape index (κ1) is 10.7. The molecular formula is C11H16BrN. The van der Waals surface area contributed by atoms with Gasteiger partial charge in [0.15, 0.2) is 0 Å². The molecule has 1 aromatic heterocycles. The van der Waals surface area contributed by atoms with Crippen LogP contribution in [-0.4, -0.2) is 9.81 Å². The first-order chi connectivity index (χ1) is 6.13. The molecule has 0 radical (unpaired) electrons. The van der Waals surface area contributed by atoms with Crippen LogP contribution >= 0.6 is 15.9 Å². The predicted octanol–water partition coefficient (Wildman–Crippen LogP) is 3.60. The summed E-state index contributed by atoms with van der Waals surface area (Å²) in [7, 11) is 0. The zero-order valence-corrected chi connectivity index (χ0v) is 9.95. The number of nitrogens with zero attached hydrogens (tertiary/aromatic N) is 1. The van der Waals surface area contributed by atoms with Crippen molar-refractivity contribution in [1.29, 1.82) is 0 Å². The van der Waals surface area contributed by atoms with Crippen molar-refractivity contribution in [3.8, 4) is 0 Å². The normalized spacial score (nSPS) is 15.8. The molecule has 1 aromatic rings. The molecule has 0 spiro atoms. The summed E-state index contributed by atoms with van der Waals surface area (Å²) in [6.07, 6.45) is 1.86. The van der Waals surface area contributed by atoms with Crippen molar-refractivity contribution in [1.82, 2.24) is 4.98 Å². The van der Waals surface area contributed by atoms with Crippen molar-refractivity contribution in [2.45, 2.75) is 31.5 Å². The van der Waals surface area contributed by atoms with Gasteiger partial charge in [-0.25, -0.2) is 0 Å². The van der Waals surface area contributed by atoms with Gasteiger partial charge in [0.2, 0.25) is 0 Å². The molecule has 2 unspecified atom stereocenters. The van der Waals surface area contributed by atoms with Crippen molar-refractivity contribution in [3.05, 3.63) is 30.1 Å². The Labute approximate surface area is 88.7 Å². The molecular weight excluding hydrogens is 226 g/mol. The first-order valence-corrected chi connectivity index (χ1v) is 5.59. The lowest BCUT2D eigenvalue weighted by atomic mass is 9.90. The number of halogens is 1. The Morgan fingerprint density at radius 3 is 2.31 bits per heavy atom. The third-order valence-corrected chi connectivity index (χ3v) is 2.81. The van der Waals surface area contributed by atoms with Gasteiger partial charge < -0.3 is 0 Å². The molecule has 1 heterocycles. The van der Waals surface area contributed by atoms with Crippen molar-refractivity contribution in [3.63, 3.8) is 0 Å². The molecule has 0 saturated heterocycles. The van der Waals surface area contributed by atoms with Gasteiger partial charge in [0.05, 0.1) is 0 Å². The number of alkyl halides is 1. The van der Waals surface area contributed by atoms with Gasteiger partial charge in [0.25, 0.3) is 0 Å². The third kappa shape index (κ3) is 2.80. The molecule has 0 aromatic carbocycles. The van der Waals surface area contributed by atoms with Gasteiger partial charge in [-0.3, -0.25) is 4.98 Å². The maximum atomic E-state index is 4.39. The lowest BCUT2D eigenvalue weighted by molar-refractivity contribution is 0.488. The fourth-order valence-corrected chi connectivity index (χ4v) is 2.56. The highest BCUT2D eigenvalue weighted by molar-refractivity contribution is 9.09. The summed E-state index contributed by atoms with van der Waals surface area (Å²) in [5.41, 5.74) is 1.18. The van der Waals surface area contributed by atoms with E-state index in [1.807, 2.05) is 18.3 Å². The van der Waals surface area contributed by atoms with E-state index >= 15 is 0 Å². The van der Waals surface area contributed by atoms with Gasteiger partial charge in [-0.05, 0) is 18.1 Å². The molecule has 0 amide bonds. The van der Waals surface area contributed by atoms with Crippen LogP contribution in [0, 0.1) is 5.92 Å². The molecule has 72 valence electrons. The van der Waals surface area contributed by atoms with Gasteiger partial charge in [0, 0.05) is 22.6 Å². The van der Waals surface area contributed by atoms with E-state index in [0.29, 0.717) is 16.7 Å². The van der Waals surface area contributed by atoms with Gasteiger partial charge in [-0.2, -0.15) is 0 Å². The second-order valence-corrected chi connectivity index (χ2v) is 5.15. The monoisotopic (exact) mass is 241 g/mol. The Morgan fingerprint density at radius 1 is 1.23 bits per heavy atom. The van der Waals surface area contributed by atoms with E-state index in [0.717, 1.165) is 0 Å². The summed E-state index contributed by atoms with van der Waals surface area (Å²) in [6, 6.07) is 6.11. The summed E-state index contributed by atoms with van der Waals surface area (Å²) in [4.78, 5) is 4.87. The van der Waals surface area contributed by atoms with Crippen molar-refractivity contribution >= 4 is 15.9 Å². The minimum atomic E-state index is 0.474. The molecule has 13 heavy (non-hydrogen) atoms. The fourth-order valence-electron chi connectivity index (χ4n) is 1.68. The molecule has 0 aliphatic carbocycles. The third-order valence-electron chi connectivity index (χ3n) is 2.24. The fraction of sp³-hybridized carbons (Fsp3) is 0.545. The average molecular weight is 242 g/mol. The first-order valence-electron chi connectivity index (χ1n) is 4.68. The molecule has 1 nitrogen and oxygen atoms in total. The Balaban J connectivity index is 2.89. The topological polar surface area (TPSA) is 12.9 Å². The minimum Gasteiger partial charge on any atom is -0.261 e. The van der Waals surface area contributed by atoms with Gasteiger partial charge in [-0.15, -0.1) is 0 Å². The quantitative estimate of drug-likeness (QED) is 0.738. The number of hydrogen-bond acceptors (Lipinski definition) is 1. The van der Waals surface area contributed by atoms with Crippen LogP contribution in [0.4, 0.5) is 0 Å². The van der Waals surface area contributed by atoms with Crippen LogP contribution in [0.3, 0.4) is 0 Å². The predicted molar refractivity (Wildman–Crippen MR) is 60.2 cm³/mol. The Kier molecular flexibility index (Phi) is 3.91. The van der Waals surface area contributed by atoms with Crippen LogP contribution in [0.25, 0.3) is 0 Å². The van der Waals surface area contributed by atoms with E-state index < -0.39 is 0 Å². The number of rotatable bonds is 3. The average Bonchev–Trinajstić information content (AvgIpc) is 2.04. The van der Waals surface area contributed by atoms with Crippen molar-refractivity contribution < 1.29 is 0 Å². The van der Waals surface area contributed by atoms with E-state index in [2.05, 4.69) is 47.8 Å². The lowest BCUT2D eigenvalue weighted by Gasteiger charge is -2.22. The van der Waals surface area contributed by atoms with Crippen LogP contribution in [0.1, 0.15) is 32.4 Å². The lowest BCUT2D eigenvalue weighted by Crippen LogP contribution is -2.16. The second kappa shape index (κ2) is 4.75. The second-order valence-electron chi connectivity index (χ2n) is 3.70. The molecule has 2 heteroatoms.